The standard InChI is InChI=1S/C25H27N3O2/c1-17-13-21-22(27-30-16-18-7-5-4-6-8-18)14-25(2,3)15-23(21)28(17)20-11-9-19(10-12-20)24(26)29/h4-13H,14-16H2,1-3H3,(H2,26,29)/b27-22-. The molecule has 0 radical (unpaired) electrons. The minimum atomic E-state index is -0.418. The van der Waals surface area contributed by atoms with E-state index >= 15 is 0 Å². The fourth-order valence-corrected chi connectivity index (χ4v) is 4.15. The number of carbonyl (C=O) groups is 1. The number of rotatable bonds is 5. The van der Waals surface area contributed by atoms with Crippen molar-refractivity contribution in [3.05, 3.63) is 88.7 Å². The maximum absolute atomic E-state index is 11.4. The molecule has 5 heteroatoms. The molecule has 0 saturated carbocycles. The van der Waals surface area contributed by atoms with Gasteiger partial charge in [-0.15, -0.1) is 0 Å². The molecule has 154 valence electrons. The highest BCUT2D eigenvalue weighted by Crippen LogP contribution is 2.38. The minimum absolute atomic E-state index is 0.0671. The summed E-state index contributed by atoms with van der Waals surface area (Å²) >= 11 is 0. The van der Waals surface area contributed by atoms with Crippen molar-refractivity contribution in [2.45, 2.75) is 40.2 Å². The van der Waals surface area contributed by atoms with Crippen molar-refractivity contribution < 1.29 is 9.63 Å². The summed E-state index contributed by atoms with van der Waals surface area (Å²) < 4.78 is 2.24. The second kappa shape index (κ2) is 7.82. The third kappa shape index (κ3) is 4.01. The number of benzene rings is 2. The molecule has 0 atom stereocenters. The molecule has 0 spiro atoms. The van der Waals surface area contributed by atoms with Gasteiger partial charge in [0.25, 0.3) is 0 Å². The van der Waals surface area contributed by atoms with Crippen LogP contribution in [0.4, 0.5) is 0 Å². The Labute approximate surface area is 177 Å². The van der Waals surface area contributed by atoms with Crippen LogP contribution < -0.4 is 5.73 Å². The second-order valence-corrected chi connectivity index (χ2v) is 8.71. The molecule has 2 N–H and O–H groups in total. The number of aromatic nitrogens is 1. The molecule has 5 nitrogen and oxygen atoms in total. The van der Waals surface area contributed by atoms with Gasteiger partial charge in [-0.3, -0.25) is 4.79 Å². The number of hydrogen-bond acceptors (Lipinski definition) is 3. The van der Waals surface area contributed by atoms with E-state index in [0.29, 0.717) is 12.2 Å². The first-order valence-corrected chi connectivity index (χ1v) is 10.2. The van der Waals surface area contributed by atoms with Crippen LogP contribution in [-0.2, 0) is 17.9 Å². The van der Waals surface area contributed by atoms with Crippen molar-refractivity contribution in [1.82, 2.24) is 4.57 Å². The molecule has 0 bridgehead atoms. The highest BCUT2D eigenvalue weighted by molar-refractivity contribution is 6.03. The Hall–Kier alpha value is -3.34. The SMILES string of the molecule is Cc1cc2c(n1-c1ccc(C(N)=O)cc1)CC(C)(C)C/C2=N/OCc1ccccc1. The van der Waals surface area contributed by atoms with E-state index in [4.69, 9.17) is 10.6 Å². The molecule has 30 heavy (non-hydrogen) atoms. The van der Waals surface area contributed by atoms with Gasteiger partial charge in [0.15, 0.2) is 0 Å². The number of nitrogens with two attached hydrogens (primary N) is 1. The Morgan fingerprint density at radius 2 is 1.80 bits per heavy atom. The normalized spacial score (nSPS) is 16.3. The van der Waals surface area contributed by atoms with Crippen molar-refractivity contribution in [3.8, 4) is 5.69 Å². The number of primary amides is 1. The zero-order valence-electron chi connectivity index (χ0n) is 17.7. The van der Waals surface area contributed by atoms with E-state index in [-0.39, 0.29) is 5.41 Å². The third-order valence-electron chi connectivity index (χ3n) is 5.55. The number of fused-ring (bicyclic) bond motifs is 1. The summed E-state index contributed by atoms with van der Waals surface area (Å²) in [5.41, 5.74) is 12.5. The van der Waals surface area contributed by atoms with Crippen LogP contribution in [0.25, 0.3) is 5.69 Å². The van der Waals surface area contributed by atoms with Crippen LogP contribution in [0.3, 0.4) is 0 Å². The van der Waals surface area contributed by atoms with Gasteiger partial charge < -0.3 is 15.1 Å². The minimum Gasteiger partial charge on any atom is -0.391 e. The lowest BCUT2D eigenvalue weighted by atomic mass is 9.76. The predicted molar refractivity (Wildman–Crippen MR) is 119 cm³/mol. The van der Waals surface area contributed by atoms with Crippen molar-refractivity contribution in [1.29, 1.82) is 0 Å². The average molecular weight is 402 g/mol. The highest BCUT2D eigenvalue weighted by atomic mass is 16.6. The van der Waals surface area contributed by atoms with Gasteiger partial charge in [-0.2, -0.15) is 0 Å². The van der Waals surface area contributed by atoms with Gasteiger partial charge in [-0.25, -0.2) is 0 Å². The summed E-state index contributed by atoms with van der Waals surface area (Å²) in [4.78, 5) is 17.1. The van der Waals surface area contributed by atoms with Crippen molar-refractivity contribution in [2.24, 2.45) is 16.3 Å². The monoisotopic (exact) mass is 401 g/mol. The molecule has 1 aromatic heterocycles. The first kappa shape index (κ1) is 20.0. The van der Waals surface area contributed by atoms with Gasteiger partial charge in [-0.1, -0.05) is 49.3 Å². The number of nitrogens with zero attached hydrogens (tertiary/aromatic N) is 2. The molecule has 3 aromatic rings. The number of oxime groups is 1. The Balaban J connectivity index is 1.68. The molecular formula is C25H27N3O2. The maximum Gasteiger partial charge on any atom is 0.248 e. The molecule has 0 aliphatic heterocycles. The smallest absolute Gasteiger partial charge is 0.248 e. The van der Waals surface area contributed by atoms with E-state index in [0.717, 1.165) is 41.1 Å². The third-order valence-corrected chi connectivity index (χ3v) is 5.55. The van der Waals surface area contributed by atoms with Crippen LogP contribution in [-0.4, -0.2) is 16.2 Å². The zero-order valence-corrected chi connectivity index (χ0v) is 17.7. The fraction of sp³-hybridized carbons (Fsp3) is 0.280. The van der Waals surface area contributed by atoms with Gasteiger partial charge in [0.05, 0.1) is 5.71 Å². The lowest BCUT2D eigenvalue weighted by Gasteiger charge is -2.31. The van der Waals surface area contributed by atoms with Crippen LogP contribution in [0, 0.1) is 12.3 Å². The van der Waals surface area contributed by atoms with Crippen molar-refractivity contribution in [3.63, 3.8) is 0 Å². The summed E-state index contributed by atoms with van der Waals surface area (Å²) in [6.45, 7) is 7.06. The Morgan fingerprint density at radius 1 is 1.10 bits per heavy atom. The fourth-order valence-electron chi connectivity index (χ4n) is 4.15. The van der Waals surface area contributed by atoms with Crippen molar-refractivity contribution in [2.75, 3.05) is 0 Å². The number of carbonyl (C=O) groups excluding carboxylic acids is 1. The van der Waals surface area contributed by atoms with Gasteiger partial charge in [0.1, 0.15) is 6.61 Å². The van der Waals surface area contributed by atoms with Crippen molar-refractivity contribution >= 4 is 11.6 Å². The number of hydrogen-bond donors (Lipinski definition) is 1. The highest BCUT2D eigenvalue weighted by Gasteiger charge is 2.33. The second-order valence-electron chi connectivity index (χ2n) is 8.71. The molecule has 1 aliphatic rings. The summed E-state index contributed by atoms with van der Waals surface area (Å²) in [5, 5.41) is 4.54. The Bertz CT molecular complexity index is 1090. The molecule has 0 saturated heterocycles. The maximum atomic E-state index is 11.4. The van der Waals surface area contributed by atoms with E-state index in [1.54, 1.807) is 12.1 Å². The molecule has 0 fully saturated rings. The topological polar surface area (TPSA) is 69.6 Å². The number of aryl methyl sites for hydroxylation is 1. The largest absolute Gasteiger partial charge is 0.391 e. The van der Waals surface area contributed by atoms with Crippen LogP contribution >= 0.6 is 0 Å². The molecule has 0 unspecified atom stereocenters. The summed E-state index contributed by atoms with van der Waals surface area (Å²) in [6, 6.07) is 19.7. The van der Waals surface area contributed by atoms with Gasteiger partial charge >= 0.3 is 0 Å². The Kier molecular flexibility index (Phi) is 5.20. The van der Waals surface area contributed by atoms with Crippen LogP contribution in [0.1, 0.15) is 53.1 Å². The lowest BCUT2D eigenvalue weighted by Crippen LogP contribution is -2.28. The zero-order chi connectivity index (χ0) is 21.3. The first-order valence-electron chi connectivity index (χ1n) is 10.2. The van der Waals surface area contributed by atoms with Crippen LogP contribution in [0.5, 0.6) is 0 Å². The quantitative estimate of drug-likeness (QED) is 0.625. The Morgan fingerprint density at radius 3 is 2.47 bits per heavy atom. The average Bonchev–Trinajstić information content (AvgIpc) is 3.03. The summed E-state index contributed by atoms with van der Waals surface area (Å²) in [5.74, 6) is -0.418. The molecule has 1 heterocycles. The lowest BCUT2D eigenvalue weighted by molar-refractivity contribution is 0.100. The van der Waals surface area contributed by atoms with E-state index in [2.05, 4.69) is 36.6 Å². The summed E-state index contributed by atoms with van der Waals surface area (Å²) in [7, 11) is 0. The number of amides is 1. The molecule has 1 aliphatic carbocycles. The van der Waals surface area contributed by atoms with Gasteiger partial charge in [-0.05, 0) is 61.1 Å². The van der Waals surface area contributed by atoms with E-state index in [1.165, 1.54) is 5.69 Å². The molecule has 2 aromatic carbocycles. The summed E-state index contributed by atoms with van der Waals surface area (Å²) in [6.07, 6.45) is 1.80. The van der Waals surface area contributed by atoms with Gasteiger partial charge in [0, 0.05) is 28.2 Å². The molecular weight excluding hydrogens is 374 g/mol. The van der Waals surface area contributed by atoms with Gasteiger partial charge in [0.2, 0.25) is 5.91 Å². The van der Waals surface area contributed by atoms with Crippen LogP contribution in [0.2, 0.25) is 0 Å². The van der Waals surface area contributed by atoms with E-state index in [9.17, 15) is 4.79 Å². The van der Waals surface area contributed by atoms with Crippen LogP contribution in [0.15, 0.2) is 65.8 Å². The molecule has 4 rings (SSSR count). The predicted octanol–water partition coefficient (Wildman–Crippen LogP) is 4.78. The van der Waals surface area contributed by atoms with E-state index < -0.39 is 5.91 Å². The molecule has 1 amide bonds. The first-order chi connectivity index (χ1) is 14.3. The van der Waals surface area contributed by atoms with E-state index in [1.807, 2.05) is 42.5 Å².